The number of amides is 2. The Morgan fingerprint density at radius 3 is 2.71 bits per heavy atom. The second-order valence-electron chi connectivity index (χ2n) is 5.52. The summed E-state index contributed by atoms with van der Waals surface area (Å²) in [5.41, 5.74) is 2.28. The fourth-order valence-electron chi connectivity index (χ4n) is 2.65. The van der Waals surface area contributed by atoms with Crippen LogP contribution in [0, 0.1) is 12.8 Å². The standard InChI is InChI=1S/C16H23N3O2/c1-4-17-15(20)12-5-6-14(10(2)9-12)19-16(21)13-7-8-18-11(13)3/h5-6,9,11,13,18H,4,7-8H2,1-3H3,(H,17,20)(H,19,21). The van der Waals surface area contributed by atoms with E-state index in [1.54, 1.807) is 18.2 Å². The van der Waals surface area contributed by atoms with Gasteiger partial charge in [-0.2, -0.15) is 0 Å². The molecule has 0 aromatic heterocycles. The molecule has 1 aliphatic rings. The van der Waals surface area contributed by atoms with Gasteiger partial charge in [0.1, 0.15) is 0 Å². The molecular formula is C16H23N3O2. The van der Waals surface area contributed by atoms with E-state index in [-0.39, 0.29) is 23.8 Å². The molecule has 3 N–H and O–H groups in total. The summed E-state index contributed by atoms with van der Waals surface area (Å²) in [7, 11) is 0. The first-order valence-electron chi connectivity index (χ1n) is 7.46. The minimum atomic E-state index is -0.0907. The number of benzene rings is 1. The minimum Gasteiger partial charge on any atom is -0.352 e. The number of carbonyl (C=O) groups excluding carboxylic acids is 2. The van der Waals surface area contributed by atoms with Gasteiger partial charge in [0.15, 0.2) is 0 Å². The molecule has 21 heavy (non-hydrogen) atoms. The highest BCUT2D eigenvalue weighted by Gasteiger charge is 2.29. The van der Waals surface area contributed by atoms with Gasteiger partial charge in [0.2, 0.25) is 5.91 Å². The lowest BCUT2D eigenvalue weighted by Crippen LogP contribution is -2.32. The maximum Gasteiger partial charge on any atom is 0.251 e. The molecule has 2 atom stereocenters. The van der Waals surface area contributed by atoms with Crippen molar-refractivity contribution < 1.29 is 9.59 Å². The fourth-order valence-corrected chi connectivity index (χ4v) is 2.65. The van der Waals surface area contributed by atoms with Gasteiger partial charge in [-0.1, -0.05) is 0 Å². The maximum atomic E-state index is 12.3. The molecule has 2 rings (SSSR count). The zero-order valence-electron chi connectivity index (χ0n) is 12.8. The summed E-state index contributed by atoms with van der Waals surface area (Å²) < 4.78 is 0. The minimum absolute atomic E-state index is 0.00691. The molecule has 0 spiro atoms. The van der Waals surface area contributed by atoms with Gasteiger partial charge in [0.05, 0.1) is 5.92 Å². The SMILES string of the molecule is CCNC(=O)c1ccc(NC(=O)C2CCNC2C)c(C)c1. The third kappa shape index (κ3) is 3.61. The Morgan fingerprint density at radius 1 is 1.38 bits per heavy atom. The Labute approximate surface area is 125 Å². The average Bonchev–Trinajstić information content (AvgIpc) is 2.87. The fraction of sp³-hybridized carbons (Fsp3) is 0.500. The van der Waals surface area contributed by atoms with Crippen LogP contribution in [0.15, 0.2) is 18.2 Å². The Morgan fingerprint density at radius 2 is 2.14 bits per heavy atom. The summed E-state index contributed by atoms with van der Waals surface area (Å²) in [5.74, 6) is -0.0408. The predicted molar refractivity (Wildman–Crippen MR) is 83.4 cm³/mol. The number of nitrogens with one attached hydrogen (secondary N) is 3. The van der Waals surface area contributed by atoms with Crippen LogP contribution in [0.5, 0.6) is 0 Å². The van der Waals surface area contributed by atoms with Crippen molar-refractivity contribution in [1.82, 2.24) is 10.6 Å². The van der Waals surface area contributed by atoms with E-state index in [0.29, 0.717) is 12.1 Å². The van der Waals surface area contributed by atoms with Crippen molar-refractivity contribution in [2.45, 2.75) is 33.2 Å². The smallest absolute Gasteiger partial charge is 0.251 e. The van der Waals surface area contributed by atoms with Gasteiger partial charge in [0.25, 0.3) is 5.91 Å². The number of anilines is 1. The number of hydrogen-bond acceptors (Lipinski definition) is 3. The number of carbonyl (C=O) groups is 2. The summed E-state index contributed by atoms with van der Waals surface area (Å²) in [4.78, 5) is 24.0. The molecule has 0 radical (unpaired) electrons. The van der Waals surface area contributed by atoms with Gasteiger partial charge < -0.3 is 16.0 Å². The number of rotatable bonds is 4. The average molecular weight is 289 g/mol. The van der Waals surface area contributed by atoms with E-state index in [1.807, 2.05) is 20.8 Å². The van der Waals surface area contributed by atoms with Gasteiger partial charge in [0, 0.05) is 23.8 Å². The van der Waals surface area contributed by atoms with Crippen LogP contribution in [0.3, 0.4) is 0 Å². The molecule has 1 fully saturated rings. The molecule has 2 amide bonds. The van der Waals surface area contributed by atoms with Crippen LogP contribution in [-0.4, -0.2) is 30.9 Å². The van der Waals surface area contributed by atoms with Crippen molar-refractivity contribution in [2.75, 3.05) is 18.4 Å². The highest BCUT2D eigenvalue weighted by molar-refractivity contribution is 5.97. The molecule has 0 aliphatic carbocycles. The molecule has 1 aliphatic heterocycles. The highest BCUT2D eigenvalue weighted by atomic mass is 16.2. The quantitative estimate of drug-likeness (QED) is 0.790. The van der Waals surface area contributed by atoms with Crippen LogP contribution in [0.2, 0.25) is 0 Å². The number of hydrogen-bond donors (Lipinski definition) is 3. The molecule has 5 heteroatoms. The lowest BCUT2D eigenvalue weighted by atomic mass is 10.0. The molecule has 114 valence electrons. The van der Waals surface area contributed by atoms with Crippen molar-refractivity contribution in [3.63, 3.8) is 0 Å². The van der Waals surface area contributed by atoms with Crippen LogP contribution < -0.4 is 16.0 Å². The molecule has 1 aromatic carbocycles. The van der Waals surface area contributed by atoms with Crippen molar-refractivity contribution in [1.29, 1.82) is 0 Å². The molecule has 1 saturated heterocycles. The Balaban J connectivity index is 2.07. The first-order chi connectivity index (χ1) is 10.0. The summed E-state index contributed by atoms with van der Waals surface area (Å²) in [6.07, 6.45) is 0.864. The first-order valence-corrected chi connectivity index (χ1v) is 7.46. The zero-order chi connectivity index (χ0) is 15.4. The van der Waals surface area contributed by atoms with Gasteiger partial charge in [-0.25, -0.2) is 0 Å². The Kier molecular flexibility index (Phi) is 4.96. The lowest BCUT2D eigenvalue weighted by Gasteiger charge is -2.16. The summed E-state index contributed by atoms with van der Waals surface area (Å²) >= 11 is 0. The van der Waals surface area contributed by atoms with Crippen molar-refractivity contribution in [3.8, 4) is 0 Å². The summed E-state index contributed by atoms with van der Waals surface area (Å²) in [6.45, 7) is 7.30. The van der Waals surface area contributed by atoms with E-state index < -0.39 is 0 Å². The second-order valence-corrected chi connectivity index (χ2v) is 5.52. The predicted octanol–water partition coefficient (Wildman–Crippen LogP) is 1.68. The van der Waals surface area contributed by atoms with E-state index in [9.17, 15) is 9.59 Å². The van der Waals surface area contributed by atoms with Gasteiger partial charge in [-0.3, -0.25) is 9.59 Å². The zero-order valence-corrected chi connectivity index (χ0v) is 12.8. The summed E-state index contributed by atoms with van der Waals surface area (Å²) in [5, 5.41) is 9.01. The molecule has 2 unspecified atom stereocenters. The van der Waals surface area contributed by atoms with Gasteiger partial charge in [-0.05, 0) is 57.5 Å². The molecule has 1 aromatic rings. The van der Waals surface area contributed by atoms with E-state index in [4.69, 9.17) is 0 Å². The molecule has 0 bridgehead atoms. The largest absolute Gasteiger partial charge is 0.352 e. The third-order valence-electron chi connectivity index (χ3n) is 3.95. The number of aryl methyl sites for hydroxylation is 1. The van der Waals surface area contributed by atoms with Gasteiger partial charge >= 0.3 is 0 Å². The van der Waals surface area contributed by atoms with E-state index in [0.717, 1.165) is 24.2 Å². The van der Waals surface area contributed by atoms with Crippen molar-refractivity contribution >= 4 is 17.5 Å². The molecule has 1 heterocycles. The van der Waals surface area contributed by atoms with E-state index in [1.165, 1.54) is 0 Å². The lowest BCUT2D eigenvalue weighted by molar-refractivity contribution is -0.120. The van der Waals surface area contributed by atoms with Crippen LogP contribution in [-0.2, 0) is 4.79 Å². The maximum absolute atomic E-state index is 12.3. The third-order valence-corrected chi connectivity index (χ3v) is 3.95. The second kappa shape index (κ2) is 6.72. The molecule has 5 nitrogen and oxygen atoms in total. The Hall–Kier alpha value is -1.88. The van der Waals surface area contributed by atoms with Crippen LogP contribution in [0.4, 0.5) is 5.69 Å². The van der Waals surface area contributed by atoms with Crippen molar-refractivity contribution in [2.24, 2.45) is 5.92 Å². The normalized spacial score (nSPS) is 21.1. The van der Waals surface area contributed by atoms with E-state index in [2.05, 4.69) is 16.0 Å². The Bertz CT molecular complexity index is 542. The van der Waals surface area contributed by atoms with Crippen LogP contribution >= 0.6 is 0 Å². The monoisotopic (exact) mass is 289 g/mol. The molecule has 0 saturated carbocycles. The van der Waals surface area contributed by atoms with E-state index >= 15 is 0 Å². The van der Waals surface area contributed by atoms with Crippen LogP contribution in [0.1, 0.15) is 36.2 Å². The highest BCUT2D eigenvalue weighted by Crippen LogP contribution is 2.21. The summed E-state index contributed by atoms with van der Waals surface area (Å²) in [6, 6.07) is 5.55. The van der Waals surface area contributed by atoms with Crippen molar-refractivity contribution in [3.05, 3.63) is 29.3 Å². The first kappa shape index (κ1) is 15.5. The topological polar surface area (TPSA) is 70.2 Å². The van der Waals surface area contributed by atoms with Crippen LogP contribution in [0.25, 0.3) is 0 Å². The molecular weight excluding hydrogens is 266 g/mol. The van der Waals surface area contributed by atoms with Gasteiger partial charge in [-0.15, -0.1) is 0 Å².